The molecule has 1 rings (SSSR count). The number of carbonyl (C=O) groups is 1. The van der Waals surface area contributed by atoms with E-state index >= 15 is 0 Å². The van der Waals surface area contributed by atoms with Crippen molar-refractivity contribution in [3.05, 3.63) is 29.3 Å². The van der Waals surface area contributed by atoms with Crippen LogP contribution in [0.15, 0.2) is 18.2 Å². The van der Waals surface area contributed by atoms with Gasteiger partial charge in [-0.15, -0.1) is 0 Å². The second kappa shape index (κ2) is 6.35. The monoisotopic (exact) mass is 283 g/mol. The van der Waals surface area contributed by atoms with E-state index in [2.05, 4.69) is 4.74 Å². The van der Waals surface area contributed by atoms with Crippen LogP contribution < -0.4 is 10.1 Å². The Bertz CT molecular complexity index is 453. The molecule has 0 saturated heterocycles. The third-order valence-electron chi connectivity index (χ3n) is 2.17. The van der Waals surface area contributed by atoms with Crippen LogP contribution in [-0.2, 0) is 0 Å². The van der Waals surface area contributed by atoms with Gasteiger partial charge < -0.3 is 10.1 Å². The lowest BCUT2D eigenvalue weighted by molar-refractivity contribution is -0.0502. The quantitative estimate of drug-likeness (QED) is 0.666. The lowest BCUT2D eigenvalue weighted by Gasteiger charge is -2.14. The molecule has 1 atom stereocenters. The number of hydrogen-bond acceptors (Lipinski definition) is 2. The maximum absolute atomic E-state index is 12.7. The Morgan fingerprint density at radius 2 is 1.84 bits per heavy atom. The molecule has 0 spiro atoms. The fourth-order valence-electron chi connectivity index (χ4n) is 1.39. The van der Waals surface area contributed by atoms with Crippen molar-refractivity contribution in [2.75, 3.05) is 0 Å². The van der Waals surface area contributed by atoms with Gasteiger partial charge in [0.2, 0.25) is 6.30 Å². The van der Waals surface area contributed by atoms with Gasteiger partial charge in [0.15, 0.2) is 0 Å². The van der Waals surface area contributed by atoms with E-state index in [-0.39, 0.29) is 5.56 Å². The van der Waals surface area contributed by atoms with Gasteiger partial charge in [-0.2, -0.15) is 8.78 Å². The normalized spacial score (nSPS) is 12.6. The van der Waals surface area contributed by atoms with Gasteiger partial charge >= 0.3 is 6.61 Å². The first-order chi connectivity index (χ1) is 8.82. The highest BCUT2D eigenvalue weighted by molar-refractivity contribution is 5.98. The molecule has 19 heavy (non-hydrogen) atoms. The van der Waals surface area contributed by atoms with Crippen LogP contribution in [0, 0.1) is 6.92 Å². The Kier molecular flexibility index (Phi) is 5.08. The predicted molar refractivity (Wildman–Crippen MR) is 56.2 cm³/mol. The number of amides is 1. The zero-order valence-corrected chi connectivity index (χ0v) is 9.67. The molecule has 106 valence electrons. The van der Waals surface area contributed by atoms with Crippen molar-refractivity contribution in [3.63, 3.8) is 0 Å². The maximum Gasteiger partial charge on any atom is 0.387 e. The van der Waals surface area contributed by atoms with Crippen molar-refractivity contribution in [2.45, 2.75) is 26.3 Å². The number of aryl methyl sites for hydroxylation is 1. The van der Waals surface area contributed by atoms with Crippen LogP contribution in [0.5, 0.6) is 5.75 Å². The molecule has 0 aromatic heterocycles. The average Bonchev–Trinajstić information content (AvgIpc) is 2.27. The Morgan fingerprint density at radius 3 is 2.37 bits per heavy atom. The van der Waals surface area contributed by atoms with E-state index in [9.17, 15) is 26.7 Å². The Balaban J connectivity index is 3.00. The second-order valence-corrected chi connectivity index (χ2v) is 3.54. The summed E-state index contributed by atoms with van der Waals surface area (Å²) in [5.74, 6) is -1.75. The molecular weight excluding hydrogens is 273 g/mol. The van der Waals surface area contributed by atoms with Crippen LogP contribution in [0.1, 0.15) is 15.9 Å². The molecule has 0 radical (unpaired) electrons. The Morgan fingerprint density at radius 1 is 1.21 bits per heavy atom. The molecule has 0 saturated carbocycles. The topological polar surface area (TPSA) is 38.3 Å². The molecule has 1 amide bonds. The third kappa shape index (κ3) is 4.08. The molecule has 0 aliphatic heterocycles. The number of rotatable bonds is 5. The molecule has 0 aliphatic carbocycles. The van der Waals surface area contributed by atoms with E-state index in [0.29, 0.717) is 0 Å². The smallest absolute Gasteiger partial charge is 0.387 e. The van der Waals surface area contributed by atoms with Gasteiger partial charge in [0.05, 0.1) is 5.56 Å². The van der Waals surface area contributed by atoms with Crippen LogP contribution in [0.25, 0.3) is 0 Å². The van der Waals surface area contributed by atoms with Gasteiger partial charge in [0, 0.05) is 0 Å². The molecule has 3 nitrogen and oxygen atoms in total. The van der Waals surface area contributed by atoms with E-state index in [1.807, 2.05) is 0 Å². The van der Waals surface area contributed by atoms with Gasteiger partial charge in [0.1, 0.15) is 5.75 Å². The third-order valence-corrected chi connectivity index (χ3v) is 2.17. The van der Waals surface area contributed by atoms with Crippen LogP contribution in [0.2, 0.25) is 0 Å². The number of alkyl halides is 5. The molecule has 0 bridgehead atoms. The summed E-state index contributed by atoms with van der Waals surface area (Å²) in [4.78, 5) is 11.6. The predicted octanol–water partition coefficient (Wildman–Crippen LogP) is 2.89. The summed E-state index contributed by atoms with van der Waals surface area (Å²) < 4.78 is 65.0. The first-order valence-electron chi connectivity index (χ1n) is 5.10. The molecule has 1 aromatic rings. The summed E-state index contributed by atoms with van der Waals surface area (Å²) in [7, 11) is 0. The molecule has 0 heterocycles. The highest BCUT2D eigenvalue weighted by Crippen LogP contribution is 2.24. The van der Waals surface area contributed by atoms with Gasteiger partial charge in [-0.3, -0.25) is 4.79 Å². The summed E-state index contributed by atoms with van der Waals surface area (Å²) in [6, 6.07) is 3.77. The van der Waals surface area contributed by atoms with Crippen molar-refractivity contribution in [3.8, 4) is 5.75 Å². The van der Waals surface area contributed by atoms with E-state index in [0.717, 1.165) is 6.07 Å². The minimum atomic E-state index is -3.41. The van der Waals surface area contributed by atoms with E-state index < -0.39 is 36.6 Å². The fourth-order valence-corrected chi connectivity index (χ4v) is 1.39. The number of hydrogen-bond donors (Lipinski definition) is 1. The SMILES string of the molecule is Cc1cccc(OC(F)F)c1C(=O)NC(F)C(F)F. The van der Waals surface area contributed by atoms with E-state index in [1.165, 1.54) is 24.4 Å². The van der Waals surface area contributed by atoms with Gasteiger partial charge in [-0.1, -0.05) is 12.1 Å². The van der Waals surface area contributed by atoms with Crippen molar-refractivity contribution in [1.82, 2.24) is 5.32 Å². The number of benzene rings is 1. The highest BCUT2D eigenvalue weighted by atomic mass is 19.3. The molecule has 8 heteroatoms. The largest absolute Gasteiger partial charge is 0.434 e. The molecule has 1 N–H and O–H groups in total. The van der Waals surface area contributed by atoms with Gasteiger partial charge in [-0.05, 0) is 18.6 Å². The zero-order chi connectivity index (χ0) is 14.6. The minimum Gasteiger partial charge on any atom is -0.434 e. The summed E-state index contributed by atoms with van der Waals surface area (Å²) >= 11 is 0. The average molecular weight is 283 g/mol. The maximum atomic E-state index is 12.7. The number of carbonyl (C=O) groups excluding carboxylic acids is 1. The van der Waals surface area contributed by atoms with Crippen LogP contribution in [0.3, 0.4) is 0 Å². The lowest BCUT2D eigenvalue weighted by Crippen LogP contribution is -2.37. The second-order valence-electron chi connectivity index (χ2n) is 3.54. The molecule has 1 unspecified atom stereocenters. The summed E-state index contributed by atoms with van der Waals surface area (Å²) in [6.07, 6.45) is -6.29. The Labute approximate surface area is 105 Å². The van der Waals surface area contributed by atoms with Gasteiger partial charge in [-0.25, -0.2) is 13.2 Å². The minimum absolute atomic E-state index is 0.192. The number of nitrogens with one attached hydrogen (secondary N) is 1. The van der Waals surface area contributed by atoms with E-state index in [4.69, 9.17) is 0 Å². The molecule has 1 aromatic carbocycles. The Hall–Kier alpha value is -1.86. The summed E-state index contributed by atoms with van der Waals surface area (Å²) in [6.45, 7) is -1.81. The first kappa shape index (κ1) is 15.2. The number of ether oxygens (including phenoxy) is 1. The molecule has 0 aliphatic rings. The lowest BCUT2D eigenvalue weighted by atomic mass is 10.1. The van der Waals surface area contributed by atoms with Crippen molar-refractivity contribution >= 4 is 5.91 Å². The van der Waals surface area contributed by atoms with Crippen LogP contribution in [0.4, 0.5) is 22.0 Å². The van der Waals surface area contributed by atoms with Crippen LogP contribution >= 0.6 is 0 Å². The first-order valence-corrected chi connectivity index (χ1v) is 5.10. The molecule has 0 fully saturated rings. The highest BCUT2D eigenvalue weighted by Gasteiger charge is 2.25. The summed E-state index contributed by atoms with van der Waals surface area (Å²) in [5.41, 5.74) is -0.219. The van der Waals surface area contributed by atoms with Crippen molar-refractivity contribution in [1.29, 1.82) is 0 Å². The standard InChI is InChI=1S/C11H10F5NO2/c1-5-3-2-4-6(19-11(15)16)7(5)10(18)17-9(14)8(12)13/h2-4,8-9,11H,1H3,(H,17,18). The number of halogens is 5. The van der Waals surface area contributed by atoms with Crippen molar-refractivity contribution < 1.29 is 31.5 Å². The van der Waals surface area contributed by atoms with E-state index in [1.54, 1.807) is 0 Å². The van der Waals surface area contributed by atoms with Crippen LogP contribution in [-0.4, -0.2) is 25.2 Å². The summed E-state index contributed by atoms with van der Waals surface area (Å²) in [5, 5.41) is 1.37. The molecular formula is C11H10F5NO2. The van der Waals surface area contributed by atoms with Crippen molar-refractivity contribution in [2.24, 2.45) is 0 Å². The fraction of sp³-hybridized carbons (Fsp3) is 0.364. The zero-order valence-electron chi connectivity index (χ0n) is 9.67. The van der Waals surface area contributed by atoms with Gasteiger partial charge in [0.25, 0.3) is 12.3 Å².